The lowest BCUT2D eigenvalue weighted by Crippen LogP contribution is -2.27. The van der Waals surface area contributed by atoms with Gasteiger partial charge in [0.2, 0.25) is 0 Å². The van der Waals surface area contributed by atoms with Gasteiger partial charge in [-0.25, -0.2) is 9.29 Å². The van der Waals surface area contributed by atoms with Crippen molar-refractivity contribution in [3.8, 4) is 11.5 Å². The van der Waals surface area contributed by atoms with Gasteiger partial charge >= 0.3 is 0 Å². The summed E-state index contributed by atoms with van der Waals surface area (Å²) in [6.07, 6.45) is 1.55. The second-order valence-corrected chi connectivity index (χ2v) is 8.86. The summed E-state index contributed by atoms with van der Waals surface area (Å²) in [4.78, 5) is 39.0. The summed E-state index contributed by atoms with van der Waals surface area (Å²) in [6.45, 7) is 1.70. The number of thioether (sulfide) groups is 1. The van der Waals surface area contributed by atoms with Crippen LogP contribution in [0.5, 0.6) is 11.5 Å². The van der Waals surface area contributed by atoms with Gasteiger partial charge in [0, 0.05) is 5.69 Å². The first-order valence-electron chi connectivity index (χ1n) is 10.8. The molecule has 1 aliphatic rings. The highest BCUT2D eigenvalue weighted by molar-refractivity contribution is 8.19. The van der Waals surface area contributed by atoms with E-state index in [4.69, 9.17) is 21.1 Å². The lowest BCUT2D eigenvalue weighted by Gasteiger charge is -2.15. The molecular formula is C26H20ClFN2O5S. The highest BCUT2D eigenvalue weighted by Gasteiger charge is 2.36. The predicted molar refractivity (Wildman–Crippen MR) is 138 cm³/mol. The second kappa shape index (κ2) is 11.3. The minimum absolute atomic E-state index is 0.155. The maximum Gasteiger partial charge on any atom is 0.298 e. The molecule has 0 aromatic heterocycles. The molecule has 0 spiro atoms. The minimum Gasteiger partial charge on any atom is -0.490 e. The Hall–Kier alpha value is -3.82. The third-order valence-electron chi connectivity index (χ3n) is 4.91. The molecule has 1 saturated heterocycles. The van der Waals surface area contributed by atoms with Gasteiger partial charge in [-0.2, -0.15) is 0 Å². The lowest BCUT2D eigenvalue weighted by atomic mass is 10.1. The van der Waals surface area contributed by atoms with E-state index < -0.39 is 22.9 Å². The van der Waals surface area contributed by atoms with Crippen LogP contribution in [0.25, 0.3) is 6.08 Å². The molecule has 0 saturated carbocycles. The zero-order valence-corrected chi connectivity index (χ0v) is 20.6. The first-order chi connectivity index (χ1) is 17.4. The van der Waals surface area contributed by atoms with Gasteiger partial charge in [-0.05, 0) is 78.9 Å². The average Bonchev–Trinajstić information content (AvgIpc) is 3.13. The highest BCUT2D eigenvalue weighted by Crippen LogP contribution is 2.40. The number of carbonyl (C=O) groups excluding carboxylic acids is 3. The molecule has 36 heavy (non-hydrogen) atoms. The van der Waals surface area contributed by atoms with Gasteiger partial charge < -0.3 is 14.8 Å². The summed E-state index contributed by atoms with van der Waals surface area (Å²) in [5.74, 6) is -0.903. The molecule has 3 aromatic carbocycles. The number of para-hydroxylation sites is 1. The topological polar surface area (TPSA) is 84.9 Å². The zero-order chi connectivity index (χ0) is 25.7. The molecule has 0 bridgehead atoms. The molecule has 3 amide bonds. The van der Waals surface area contributed by atoms with Crippen molar-refractivity contribution in [2.45, 2.75) is 6.92 Å². The Labute approximate surface area is 215 Å². The molecule has 0 unspecified atom stereocenters. The molecule has 4 rings (SSSR count). The van der Waals surface area contributed by atoms with E-state index in [0.717, 1.165) is 16.7 Å². The van der Waals surface area contributed by atoms with Crippen molar-refractivity contribution in [1.82, 2.24) is 0 Å². The standard InChI is InChI=1S/C26H20ClFN2O5S/c1-2-34-21-13-16(14-22-25(32)30(26(33)36-22)19-6-4-3-5-7-19)12-20(27)24(21)35-15-23(31)29-18-10-8-17(28)9-11-18/h3-14H,2,15H2,1H3,(H,29,31)/b22-14+. The fourth-order valence-electron chi connectivity index (χ4n) is 3.36. The molecular weight excluding hydrogens is 507 g/mol. The van der Waals surface area contributed by atoms with Gasteiger partial charge in [0.05, 0.1) is 22.2 Å². The Balaban J connectivity index is 1.51. The van der Waals surface area contributed by atoms with Gasteiger partial charge in [0.1, 0.15) is 5.82 Å². The van der Waals surface area contributed by atoms with E-state index in [2.05, 4.69) is 5.32 Å². The molecule has 0 aliphatic carbocycles. The Morgan fingerprint density at radius 3 is 2.50 bits per heavy atom. The zero-order valence-electron chi connectivity index (χ0n) is 19.0. The molecule has 1 N–H and O–H groups in total. The maximum absolute atomic E-state index is 13.0. The molecule has 1 heterocycles. The first-order valence-corrected chi connectivity index (χ1v) is 12.0. The number of amides is 3. The third-order valence-corrected chi connectivity index (χ3v) is 6.06. The molecule has 1 fully saturated rings. The highest BCUT2D eigenvalue weighted by atomic mass is 35.5. The van der Waals surface area contributed by atoms with Crippen LogP contribution in [-0.4, -0.2) is 30.3 Å². The van der Waals surface area contributed by atoms with E-state index in [9.17, 15) is 18.8 Å². The summed E-state index contributed by atoms with van der Waals surface area (Å²) in [6, 6.07) is 17.1. The first kappa shape index (κ1) is 25.3. The van der Waals surface area contributed by atoms with Gasteiger partial charge in [0.25, 0.3) is 17.1 Å². The minimum atomic E-state index is -0.473. The smallest absolute Gasteiger partial charge is 0.298 e. The summed E-state index contributed by atoms with van der Waals surface area (Å²) in [5, 5.41) is 2.35. The largest absolute Gasteiger partial charge is 0.490 e. The number of carbonyl (C=O) groups is 3. The van der Waals surface area contributed by atoms with Crippen LogP contribution in [0.2, 0.25) is 5.02 Å². The predicted octanol–water partition coefficient (Wildman–Crippen LogP) is 6.14. The number of benzene rings is 3. The van der Waals surface area contributed by atoms with E-state index in [-0.39, 0.29) is 28.0 Å². The van der Waals surface area contributed by atoms with Crippen LogP contribution in [0.1, 0.15) is 12.5 Å². The number of imide groups is 1. The van der Waals surface area contributed by atoms with Crippen LogP contribution in [0.4, 0.5) is 20.6 Å². The van der Waals surface area contributed by atoms with Gasteiger partial charge in [0.15, 0.2) is 18.1 Å². The number of nitrogens with one attached hydrogen (secondary N) is 1. The summed E-state index contributed by atoms with van der Waals surface area (Å²) < 4.78 is 24.3. The fourth-order valence-corrected chi connectivity index (χ4v) is 4.48. The number of hydrogen-bond donors (Lipinski definition) is 1. The number of hydrogen-bond acceptors (Lipinski definition) is 6. The quantitative estimate of drug-likeness (QED) is 0.355. The molecule has 10 heteroatoms. The van der Waals surface area contributed by atoms with Crippen molar-refractivity contribution in [2.75, 3.05) is 23.4 Å². The van der Waals surface area contributed by atoms with Crippen LogP contribution in [-0.2, 0) is 9.59 Å². The second-order valence-electron chi connectivity index (χ2n) is 7.46. The molecule has 1 aliphatic heterocycles. The van der Waals surface area contributed by atoms with Crippen molar-refractivity contribution in [3.63, 3.8) is 0 Å². The SMILES string of the molecule is CCOc1cc(/C=C2/SC(=O)N(c3ccccc3)C2=O)cc(Cl)c1OCC(=O)Nc1ccc(F)cc1. The van der Waals surface area contributed by atoms with Crippen molar-refractivity contribution in [1.29, 1.82) is 0 Å². The number of anilines is 2. The number of nitrogens with zero attached hydrogens (tertiary/aromatic N) is 1. The average molecular weight is 527 g/mol. The van der Waals surface area contributed by atoms with Crippen molar-refractivity contribution in [2.24, 2.45) is 0 Å². The molecule has 7 nitrogen and oxygen atoms in total. The molecule has 3 aromatic rings. The maximum atomic E-state index is 13.0. The van der Waals surface area contributed by atoms with E-state index in [0.29, 0.717) is 23.5 Å². The lowest BCUT2D eigenvalue weighted by molar-refractivity contribution is -0.118. The Kier molecular flexibility index (Phi) is 7.92. The van der Waals surface area contributed by atoms with E-state index in [1.165, 1.54) is 24.3 Å². The Bertz CT molecular complexity index is 1330. The summed E-state index contributed by atoms with van der Waals surface area (Å²) in [5.41, 5.74) is 1.42. The number of rotatable bonds is 8. The van der Waals surface area contributed by atoms with Crippen LogP contribution in [0.15, 0.2) is 71.6 Å². The summed E-state index contributed by atoms with van der Waals surface area (Å²) in [7, 11) is 0. The van der Waals surface area contributed by atoms with Gasteiger partial charge in [-0.1, -0.05) is 29.8 Å². The Morgan fingerprint density at radius 1 is 1.08 bits per heavy atom. The summed E-state index contributed by atoms with van der Waals surface area (Å²) >= 11 is 7.25. The van der Waals surface area contributed by atoms with Crippen LogP contribution in [0.3, 0.4) is 0 Å². The number of ether oxygens (including phenoxy) is 2. The normalized spacial score (nSPS) is 14.3. The van der Waals surface area contributed by atoms with Crippen LogP contribution < -0.4 is 19.7 Å². The molecule has 184 valence electrons. The van der Waals surface area contributed by atoms with Crippen molar-refractivity contribution >= 4 is 57.9 Å². The van der Waals surface area contributed by atoms with Crippen LogP contribution >= 0.6 is 23.4 Å². The van der Waals surface area contributed by atoms with E-state index in [1.54, 1.807) is 55.5 Å². The van der Waals surface area contributed by atoms with Gasteiger partial charge in [-0.15, -0.1) is 0 Å². The van der Waals surface area contributed by atoms with Crippen LogP contribution in [0, 0.1) is 5.82 Å². The Morgan fingerprint density at radius 2 is 1.81 bits per heavy atom. The number of halogens is 2. The van der Waals surface area contributed by atoms with Gasteiger partial charge in [-0.3, -0.25) is 14.4 Å². The van der Waals surface area contributed by atoms with Crippen molar-refractivity contribution in [3.05, 3.63) is 88.0 Å². The monoisotopic (exact) mass is 526 g/mol. The fraction of sp³-hybridized carbons (Fsp3) is 0.115. The van der Waals surface area contributed by atoms with E-state index in [1.807, 2.05) is 0 Å². The van der Waals surface area contributed by atoms with E-state index >= 15 is 0 Å². The molecule has 0 atom stereocenters. The molecule has 0 radical (unpaired) electrons. The van der Waals surface area contributed by atoms with Crippen molar-refractivity contribution < 1.29 is 28.2 Å². The third kappa shape index (κ3) is 5.87.